The fourth-order valence-corrected chi connectivity index (χ4v) is 4.85. The van der Waals surface area contributed by atoms with Crippen LogP contribution in [-0.4, -0.2) is 66.7 Å². The zero-order valence-electron chi connectivity index (χ0n) is 25.2. The second-order valence-electron chi connectivity index (χ2n) is 10.9. The first-order valence-electron chi connectivity index (χ1n) is 13.8. The highest BCUT2D eigenvalue weighted by molar-refractivity contribution is 6.02. The Balaban J connectivity index is 1.79. The van der Waals surface area contributed by atoms with Gasteiger partial charge in [0.15, 0.2) is 0 Å². The third-order valence-electron chi connectivity index (χ3n) is 6.95. The molecule has 0 atom stereocenters. The molecular weight excluding hydrogens is 514 g/mol. The number of fused-ring (bicyclic) bond motifs is 1. The number of ether oxygens (including phenoxy) is 1. The van der Waals surface area contributed by atoms with Gasteiger partial charge in [-0.1, -0.05) is 38.6 Å². The van der Waals surface area contributed by atoms with E-state index in [1.165, 1.54) is 6.08 Å². The van der Waals surface area contributed by atoms with Crippen LogP contribution in [0.5, 0.6) is 5.75 Å². The minimum absolute atomic E-state index is 0.295. The number of rotatable bonds is 12. The molecule has 4 aromatic rings. The maximum Gasteiger partial charge on any atom is 0.247 e. The maximum atomic E-state index is 12.3. The first-order valence-corrected chi connectivity index (χ1v) is 13.8. The Bertz CT molecular complexity index is 1540. The molecule has 2 N–H and O–H groups in total. The SMILES string of the molecule is C=CC(=O)Nc1cc(Nc2ncc(CC(C)C)c(-c3cn(C)c4ccccc34)n2)c(OC)cc1N(C)CCN(C)C. The van der Waals surface area contributed by atoms with Gasteiger partial charge in [-0.05, 0) is 50.2 Å². The molecule has 0 radical (unpaired) electrons. The van der Waals surface area contributed by atoms with Crippen molar-refractivity contribution in [3.63, 3.8) is 0 Å². The highest BCUT2D eigenvalue weighted by Crippen LogP contribution is 2.39. The monoisotopic (exact) mass is 555 g/mol. The van der Waals surface area contributed by atoms with E-state index in [9.17, 15) is 4.79 Å². The number of nitrogens with zero attached hydrogens (tertiary/aromatic N) is 5. The summed E-state index contributed by atoms with van der Waals surface area (Å²) in [5.74, 6) is 1.19. The van der Waals surface area contributed by atoms with Gasteiger partial charge in [0, 0.05) is 62.1 Å². The first kappa shape index (κ1) is 29.6. The number of likely N-dealkylation sites (N-methyl/N-ethyl adjacent to an activating group) is 2. The lowest BCUT2D eigenvalue weighted by Gasteiger charge is -2.26. The normalized spacial score (nSPS) is 11.2. The van der Waals surface area contributed by atoms with Crippen LogP contribution < -0.4 is 20.3 Å². The molecule has 0 aliphatic heterocycles. The van der Waals surface area contributed by atoms with Crippen molar-refractivity contribution in [1.29, 1.82) is 0 Å². The number of anilines is 4. The molecule has 0 aliphatic carbocycles. The number of benzene rings is 2. The smallest absolute Gasteiger partial charge is 0.247 e. The quantitative estimate of drug-likeness (QED) is 0.217. The van der Waals surface area contributed by atoms with Crippen molar-refractivity contribution in [2.75, 3.05) is 56.9 Å². The van der Waals surface area contributed by atoms with Crippen molar-refractivity contribution in [2.24, 2.45) is 13.0 Å². The summed E-state index contributed by atoms with van der Waals surface area (Å²) < 4.78 is 7.91. The van der Waals surface area contributed by atoms with E-state index in [1.807, 2.05) is 45.5 Å². The number of carbonyl (C=O) groups is 1. The average Bonchev–Trinajstić information content (AvgIpc) is 3.28. The summed E-state index contributed by atoms with van der Waals surface area (Å²) in [5, 5.41) is 7.45. The molecule has 9 heteroatoms. The van der Waals surface area contributed by atoms with Crippen LogP contribution in [0.25, 0.3) is 22.2 Å². The van der Waals surface area contributed by atoms with E-state index in [1.54, 1.807) is 7.11 Å². The number of hydrogen-bond donors (Lipinski definition) is 2. The van der Waals surface area contributed by atoms with Crippen molar-refractivity contribution in [3.05, 3.63) is 67.0 Å². The Hall–Kier alpha value is -4.37. The minimum Gasteiger partial charge on any atom is -0.494 e. The number of methoxy groups -OCH3 is 1. The predicted molar refractivity (Wildman–Crippen MR) is 169 cm³/mol. The molecule has 0 fully saturated rings. The van der Waals surface area contributed by atoms with Gasteiger partial charge in [0.05, 0.1) is 29.9 Å². The summed E-state index contributed by atoms with van der Waals surface area (Å²) in [6, 6.07) is 12.1. The third-order valence-corrected chi connectivity index (χ3v) is 6.95. The number of para-hydroxylation sites is 1. The molecule has 41 heavy (non-hydrogen) atoms. The van der Waals surface area contributed by atoms with Crippen LogP contribution in [0.15, 0.2) is 61.4 Å². The first-order chi connectivity index (χ1) is 19.6. The molecule has 0 unspecified atom stereocenters. The topological polar surface area (TPSA) is 87.5 Å². The van der Waals surface area contributed by atoms with E-state index in [0.717, 1.165) is 52.9 Å². The van der Waals surface area contributed by atoms with Gasteiger partial charge in [-0.15, -0.1) is 0 Å². The van der Waals surface area contributed by atoms with Crippen molar-refractivity contribution < 1.29 is 9.53 Å². The van der Waals surface area contributed by atoms with Crippen molar-refractivity contribution >= 4 is 39.8 Å². The molecule has 1 amide bonds. The summed E-state index contributed by atoms with van der Waals surface area (Å²) in [6.07, 6.45) is 6.15. The van der Waals surface area contributed by atoms with Crippen LogP contribution in [0.1, 0.15) is 19.4 Å². The number of hydrogen-bond acceptors (Lipinski definition) is 7. The van der Waals surface area contributed by atoms with Gasteiger partial charge in [0.1, 0.15) is 5.75 Å². The van der Waals surface area contributed by atoms with Gasteiger partial charge in [0.2, 0.25) is 11.9 Å². The van der Waals surface area contributed by atoms with E-state index >= 15 is 0 Å². The van der Waals surface area contributed by atoms with E-state index < -0.39 is 0 Å². The highest BCUT2D eigenvalue weighted by atomic mass is 16.5. The molecule has 0 spiro atoms. The van der Waals surface area contributed by atoms with Gasteiger partial charge >= 0.3 is 0 Å². The van der Waals surface area contributed by atoms with Gasteiger partial charge in [-0.3, -0.25) is 4.79 Å². The molecule has 2 heterocycles. The van der Waals surface area contributed by atoms with Crippen LogP contribution in [0, 0.1) is 5.92 Å². The summed E-state index contributed by atoms with van der Waals surface area (Å²) in [4.78, 5) is 26.3. The maximum absolute atomic E-state index is 12.3. The second kappa shape index (κ2) is 12.9. The minimum atomic E-state index is -0.295. The molecule has 9 nitrogen and oxygen atoms in total. The molecule has 2 aromatic heterocycles. The van der Waals surface area contributed by atoms with Crippen molar-refractivity contribution in [2.45, 2.75) is 20.3 Å². The lowest BCUT2D eigenvalue weighted by Crippen LogP contribution is -2.29. The van der Waals surface area contributed by atoms with Crippen LogP contribution in [-0.2, 0) is 18.3 Å². The Morgan fingerprint density at radius 2 is 1.90 bits per heavy atom. The zero-order valence-corrected chi connectivity index (χ0v) is 25.2. The van der Waals surface area contributed by atoms with Crippen LogP contribution in [0.3, 0.4) is 0 Å². The fraction of sp³-hybridized carbons (Fsp3) is 0.344. The number of aromatic nitrogens is 3. The third kappa shape index (κ3) is 6.86. The van der Waals surface area contributed by atoms with E-state index in [4.69, 9.17) is 9.72 Å². The van der Waals surface area contributed by atoms with Crippen LogP contribution >= 0.6 is 0 Å². The van der Waals surface area contributed by atoms with E-state index in [-0.39, 0.29) is 5.91 Å². The molecule has 0 aliphatic rings. The molecule has 2 aromatic carbocycles. The molecule has 216 valence electrons. The summed E-state index contributed by atoms with van der Waals surface area (Å²) >= 11 is 0. The van der Waals surface area contributed by atoms with Crippen LogP contribution in [0.4, 0.5) is 23.0 Å². The second-order valence-corrected chi connectivity index (χ2v) is 10.9. The lowest BCUT2D eigenvalue weighted by molar-refractivity contribution is -0.111. The van der Waals surface area contributed by atoms with Crippen molar-refractivity contribution in [3.8, 4) is 17.0 Å². The van der Waals surface area contributed by atoms with Gasteiger partial charge in [-0.25, -0.2) is 9.97 Å². The average molecular weight is 556 g/mol. The Morgan fingerprint density at radius 1 is 1.15 bits per heavy atom. The lowest BCUT2D eigenvalue weighted by atomic mass is 9.99. The standard InChI is InChI=1S/C32H41N7O2/c1-9-30(40)34-25-17-26(29(41-8)18-28(25)38(6)15-14-37(4)5)35-32-33-19-22(16-21(2)3)31(36-32)24-20-39(7)27-13-11-10-12-23(24)27/h9-13,17-21H,1,14-16H2,2-8H3,(H,34,40)(H,33,35,36). The number of amides is 1. The zero-order chi connectivity index (χ0) is 29.7. The number of nitrogens with one attached hydrogen (secondary N) is 2. The largest absolute Gasteiger partial charge is 0.494 e. The predicted octanol–water partition coefficient (Wildman–Crippen LogP) is 5.71. The Labute approximate surface area is 242 Å². The van der Waals surface area contributed by atoms with Gasteiger partial charge in [-0.2, -0.15) is 0 Å². The Morgan fingerprint density at radius 3 is 2.59 bits per heavy atom. The summed E-state index contributed by atoms with van der Waals surface area (Å²) in [6.45, 7) is 9.61. The molecular formula is C32H41N7O2. The molecule has 0 saturated heterocycles. The molecule has 0 bridgehead atoms. The van der Waals surface area contributed by atoms with Gasteiger partial charge < -0.3 is 29.7 Å². The molecule has 4 rings (SSSR count). The van der Waals surface area contributed by atoms with E-state index in [0.29, 0.717) is 29.0 Å². The summed E-state index contributed by atoms with van der Waals surface area (Å²) in [7, 11) is 9.72. The summed E-state index contributed by atoms with van der Waals surface area (Å²) in [5.41, 5.74) is 6.28. The van der Waals surface area contributed by atoms with Crippen molar-refractivity contribution in [1.82, 2.24) is 19.4 Å². The van der Waals surface area contributed by atoms with Gasteiger partial charge in [0.25, 0.3) is 0 Å². The fourth-order valence-electron chi connectivity index (χ4n) is 4.85. The van der Waals surface area contributed by atoms with E-state index in [2.05, 4.69) is 81.9 Å². The molecule has 0 saturated carbocycles. The number of carbonyl (C=O) groups excluding carboxylic acids is 1. The Kier molecular flexibility index (Phi) is 9.29. The number of aryl methyl sites for hydroxylation is 1. The van der Waals surface area contributed by atoms with Crippen LogP contribution in [0.2, 0.25) is 0 Å². The highest BCUT2D eigenvalue weighted by Gasteiger charge is 2.19.